The van der Waals surface area contributed by atoms with E-state index >= 15 is 0 Å². The third kappa shape index (κ3) is 1.64. The number of imidazole rings is 1. The van der Waals surface area contributed by atoms with Crippen molar-refractivity contribution in [2.75, 3.05) is 0 Å². The zero-order valence-electron chi connectivity index (χ0n) is 10.5. The Bertz CT molecular complexity index is 740. The molecule has 0 aliphatic carbocycles. The van der Waals surface area contributed by atoms with E-state index < -0.39 is 0 Å². The average molecular weight is 260 g/mol. The first-order chi connectivity index (χ1) is 8.56. The Kier molecular flexibility index (Phi) is 2.48. The van der Waals surface area contributed by atoms with Gasteiger partial charge in [-0.05, 0) is 32.4 Å². The lowest BCUT2D eigenvalue weighted by molar-refractivity contribution is 0.619. The van der Waals surface area contributed by atoms with Crippen molar-refractivity contribution in [2.24, 2.45) is 0 Å². The highest BCUT2D eigenvalue weighted by Gasteiger charge is 2.11. The number of hydrogen-bond donors (Lipinski definition) is 0. The minimum Gasteiger partial charge on any atom is -0.294 e. The maximum absolute atomic E-state index is 13.6. The van der Waals surface area contributed by atoms with Gasteiger partial charge in [0.05, 0.1) is 5.69 Å². The molecule has 2 heterocycles. The Balaban J connectivity index is 2.16. The molecule has 0 bridgehead atoms. The molecule has 2 nitrogen and oxygen atoms in total. The molecular formula is C14H13FN2S. The van der Waals surface area contributed by atoms with E-state index in [1.807, 2.05) is 12.3 Å². The van der Waals surface area contributed by atoms with Crippen LogP contribution in [-0.4, -0.2) is 9.38 Å². The van der Waals surface area contributed by atoms with Gasteiger partial charge in [0, 0.05) is 22.3 Å². The number of nitrogens with zero attached hydrogens (tertiary/aromatic N) is 2. The van der Waals surface area contributed by atoms with Gasteiger partial charge in [-0.25, -0.2) is 9.37 Å². The second kappa shape index (κ2) is 3.92. The van der Waals surface area contributed by atoms with Crippen LogP contribution in [0.2, 0.25) is 0 Å². The summed E-state index contributed by atoms with van der Waals surface area (Å²) in [5.74, 6) is -0.184. The van der Waals surface area contributed by atoms with Gasteiger partial charge in [-0.3, -0.25) is 4.40 Å². The Morgan fingerprint density at radius 1 is 1.22 bits per heavy atom. The minimum atomic E-state index is -0.184. The van der Waals surface area contributed by atoms with E-state index in [4.69, 9.17) is 0 Å². The van der Waals surface area contributed by atoms with Gasteiger partial charge in [-0.2, -0.15) is 0 Å². The summed E-state index contributed by atoms with van der Waals surface area (Å²) in [5.41, 5.74) is 3.50. The smallest absolute Gasteiger partial charge is 0.194 e. The molecule has 0 aliphatic heterocycles. The normalized spacial score (nSPS) is 11.3. The van der Waals surface area contributed by atoms with Gasteiger partial charge >= 0.3 is 0 Å². The molecular weight excluding hydrogens is 247 g/mol. The first-order valence-electron chi connectivity index (χ1n) is 5.78. The van der Waals surface area contributed by atoms with Crippen LogP contribution in [0.15, 0.2) is 24.4 Å². The fourth-order valence-electron chi connectivity index (χ4n) is 1.95. The zero-order valence-corrected chi connectivity index (χ0v) is 11.3. The summed E-state index contributed by atoms with van der Waals surface area (Å²) >= 11 is 1.66. The third-order valence-corrected chi connectivity index (χ3v) is 4.33. The Morgan fingerprint density at radius 3 is 2.67 bits per heavy atom. The molecule has 4 heteroatoms. The molecule has 92 valence electrons. The van der Waals surface area contributed by atoms with Gasteiger partial charge in [0.2, 0.25) is 0 Å². The molecule has 0 saturated carbocycles. The molecule has 0 atom stereocenters. The van der Waals surface area contributed by atoms with Crippen LogP contribution >= 0.6 is 11.3 Å². The van der Waals surface area contributed by atoms with E-state index in [0.717, 1.165) is 16.2 Å². The van der Waals surface area contributed by atoms with E-state index in [1.165, 1.54) is 10.6 Å². The van der Waals surface area contributed by atoms with Crippen molar-refractivity contribution in [3.63, 3.8) is 0 Å². The number of benzene rings is 1. The quantitative estimate of drug-likeness (QED) is 0.643. The predicted molar refractivity (Wildman–Crippen MR) is 72.7 cm³/mol. The number of rotatable bonds is 1. The fraction of sp³-hybridized carbons (Fsp3) is 0.214. The number of thiazole rings is 1. The molecule has 0 fully saturated rings. The molecule has 0 spiro atoms. The van der Waals surface area contributed by atoms with E-state index in [9.17, 15) is 4.39 Å². The second-order valence-corrected chi connectivity index (χ2v) is 5.67. The van der Waals surface area contributed by atoms with Gasteiger partial charge in [0.15, 0.2) is 4.96 Å². The van der Waals surface area contributed by atoms with Crippen molar-refractivity contribution in [1.29, 1.82) is 0 Å². The highest BCUT2D eigenvalue weighted by atomic mass is 32.1. The van der Waals surface area contributed by atoms with Crippen molar-refractivity contribution >= 4 is 16.3 Å². The highest BCUT2D eigenvalue weighted by molar-refractivity contribution is 7.17. The SMILES string of the molecule is Cc1ccc(-c2cn3c(C)c(C)sc3n2)cc1F. The summed E-state index contributed by atoms with van der Waals surface area (Å²) < 4.78 is 15.6. The summed E-state index contributed by atoms with van der Waals surface area (Å²) in [6.07, 6.45) is 1.97. The van der Waals surface area contributed by atoms with Gasteiger partial charge in [0.25, 0.3) is 0 Å². The van der Waals surface area contributed by atoms with Crippen molar-refractivity contribution in [3.8, 4) is 11.3 Å². The largest absolute Gasteiger partial charge is 0.294 e. The minimum absolute atomic E-state index is 0.184. The number of hydrogen-bond acceptors (Lipinski definition) is 2. The molecule has 1 aromatic carbocycles. The van der Waals surface area contributed by atoms with E-state index in [-0.39, 0.29) is 5.82 Å². The summed E-state index contributed by atoms with van der Waals surface area (Å²) in [6, 6.07) is 5.24. The Morgan fingerprint density at radius 2 is 2.00 bits per heavy atom. The van der Waals surface area contributed by atoms with Crippen molar-refractivity contribution in [1.82, 2.24) is 9.38 Å². The second-order valence-electron chi connectivity index (χ2n) is 4.49. The first-order valence-corrected chi connectivity index (χ1v) is 6.59. The zero-order chi connectivity index (χ0) is 12.9. The molecule has 3 aromatic rings. The summed E-state index contributed by atoms with van der Waals surface area (Å²) in [6.45, 7) is 5.91. The number of aromatic nitrogens is 2. The van der Waals surface area contributed by atoms with Gasteiger partial charge in [-0.1, -0.05) is 12.1 Å². The monoisotopic (exact) mass is 260 g/mol. The van der Waals surface area contributed by atoms with Gasteiger partial charge < -0.3 is 0 Å². The van der Waals surface area contributed by atoms with Crippen LogP contribution in [0.25, 0.3) is 16.2 Å². The van der Waals surface area contributed by atoms with Crippen LogP contribution in [0.5, 0.6) is 0 Å². The number of fused-ring (bicyclic) bond motifs is 1. The van der Waals surface area contributed by atoms with E-state index in [1.54, 1.807) is 30.4 Å². The average Bonchev–Trinajstić information content (AvgIpc) is 2.85. The van der Waals surface area contributed by atoms with Crippen LogP contribution in [0.1, 0.15) is 16.1 Å². The van der Waals surface area contributed by atoms with Crippen LogP contribution < -0.4 is 0 Å². The molecule has 18 heavy (non-hydrogen) atoms. The van der Waals surface area contributed by atoms with Crippen LogP contribution in [-0.2, 0) is 0 Å². The number of aryl methyl sites for hydroxylation is 3. The molecule has 0 unspecified atom stereocenters. The van der Waals surface area contributed by atoms with Crippen LogP contribution in [0, 0.1) is 26.6 Å². The molecule has 2 aromatic heterocycles. The molecule has 0 saturated heterocycles. The maximum atomic E-state index is 13.6. The lowest BCUT2D eigenvalue weighted by Crippen LogP contribution is -1.85. The Labute approximate surface area is 109 Å². The topological polar surface area (TPSA) is 17.3 Å². The molecule has 0 amide bonds. The van der Waals surface area contributed by atoms with Crippen molar-refractivity contribution in [2.45, 2.75) is 20.8 Å². The number of halogens is 1. The van der Waals surface area contributed by atoms with Gasteiger partial charge in [-0.15, -0.1) is 11.3 Å². The molecule has 0 N–H and O–H groups in total. The lowest BCUT2D eigenvalue weighted by Gasteiger charge is -1.99. The van der Waals surface area contributed by atoms with E-state index in [0.29, 0.717) is 5.56 Å². The third-order valence-electron chi connectivity index (χ3n) is 3.26. The summed E-state index contributed by atoms with van der Waals surface area (Å²) in [7, 11) is 0. The molecule has 3 rings (SSSR count). The summed E-state index contributed by atoms with van der Waals surface area (Å²) in [5, 5.41) is 0. The lowest BCUT2D eigenvalue weighted by atomic mass is 10.1. The van der Waals surface area contributed by atoms with Crippen molar-refractivity contribution in [3.05, 3.63) is 46.3 Å². The molecule has 0 radical (unpaired) electrons. The highest BCUT2D eigenvalue weighted by Crippen LogP contribution is 2.27. The first kappa shape index (κ1) is 11.4. The van der Waals surface area contributed by atoms with E-state index in [2.05, 4.69) is 23.2 Å². The van der Waals surface area contributed by atoms with Crippen molar-refractivity contribution < 1.29 is 4.39 Å². The fourth-order valence-corrected chi connectivity index (χ4v) is 2.90. The van der Waals surface area contributed by atoms with Crippen LogP contribution in [0.3, 0.4) is 0 Å². The standard InChI is InChI=1S/C14H13FN2S/c1-8-4-5-11(6-12(8)15)13-7-17-9(2)10(3)18-14(17)16-13/h4-7H,1-3H3. The van der Waals surface area contributed by atoms with Gasteiger partial charge in [0.1, 0.15) is 5.82 Å². The maximum Gasteiger partial charge on any atom is 0.194 e. The molecule has 0 aliphatic rings. The summed E-state index contributed by atoms with van der Waals surface area (Å²) in [4.78, 5) is 6.77. The Hall–Kier alpha value is -1.68. The predicted octanol–water partition coefficient (Wildman–Crippen LogP) is 4.13. The van der Waals surface area contributed by atoms with Crippen LogP contribution in [0.4, 0.5) is 4.39 Å².